The van der Waals surface area contributed by atoms with Gasteiger partial charge in [-0.1, -0.05) is 60.1 Å². The number of hydrogen-bond acceptors (Lipinski definition) is 2. The van der Waals surface area contributed by atoms with Crippen molar-refractivity contribution in [1.82, 2.24) is 0 Å². The fraction of sp³-hybridized carbons (Fsp3) is 0.900. The molecule has 0 aliphatic heterocycles. The van der Waals surface area contributed by atoms with Crippen LogP contribution in [-0.2, 0) is 4.79 Å². The molecule has 2 N–H and O–H groups in total. The second-order valence-corrected chi connectivity index (χ2v) is 14.5. The molecule has 3 heteroatoms. The van der Waals surface area contributed by atoms with Gasteiger partial charge < -0.3 is 10.2 Å². The van der Waals surface area contributed by atoms with E-state index >= 15 is 0 Å². The molecule has 0 bridgehead atoms. The molecule has 33 heavy (non-hydrogen) atoms. The maximum atomic E-state index is 12.8. The highest BCUT2D eigenvalue weighted by Crippen LogP contribution is 2.75. The predicted molar refractivity (Wildman–Crippen MR) is 133 cm³/mol. The molecule has 186 valence electrons. The van der Waals surface area contributed by atoms with E-state index in [0.717, 1.165) is 44.9 Å². The Kier molecular flexibility index (Phi) is 5.15. The molecule has 4 fully saturated rings. The van der Waals surface area contributed by atoms with Crippen LogP contribution in [0.4, 0.5) is 0 Å². The summed E-state index contributed by atoms with van der Waals surface area (Å²) in [7, 11) is 0. The molecule has 3 nitrogen and oxygen atoms in total. The number of rotatable bonds is 1. The van der Waals surface area contributed by atoms with Crippen molar-refractivity contribution < 1.29 is 15.0 Å². The molecule has 0 aromatic heterocycles. The van der Waals surface area contributed by atoms with E-state index in [1.54, 1.807) is 0 Å². The lowest BCUT2D eigenvalue weighted by Crippen LogP contribution is -2.65. The molecular formula is C30H48O3. The summed E-state index contributed by atoms with van der Waals surface area (Å²) in [5, 5.41) is 21.4. The Morgan fingerprint density at radius 2 is 1.61 bits per heavy atom. The molecule has 4 saturated carbocycles. The summed E-state index contributed by atoms with van der Waals surface area (Å²) in [6, 6.07) is 0. The molecule has 0 saturated heterocycles. The van der Waals surface area contributed by atoms with E-state index in [0.29, 0.717) is 23.7 Å². The Bertz CT molecular complexity index is 874. The first-order valence-corrected chi connectivity index (χ1v) is 13.9. The highest BCUT2D eigenvalue weighted by Gasteiger charge is 2.69. The van der Waals surface area contributed by atoms with Crippen LogP contribution in [0.25, 0.3) is 0 Å². The lowest BCUT2D eigenvalue weighted by Gasteiger charge is -2.71. The van der Waals surface area contributed by atoms with Gasteiger partial charge in [-0.05, 0) is 109 Å². The first-order chi connectivity index (χ1) is 15.3. The summed E-state index contributed by atoms with van der Waals surface area (Å²) in [6.07, 6.45) is 11.6. The molecule has 5 rings (SSSR count). The Hall–Kier alpha value is -0.830. The lowest BCUT2D eigenvalue weighted by atomic mass is 9.33. The molecular weight excluding hydrogens is 408 g/mol. The Balaban J connectivity index is 1.61. The fourth-order valence-corrected chi connectivity index (χ4v) is 10.8. The number of hydrogen-bond donors (Lipinski definition) is 2. The third kappa shape index (κ3) is 2.75. The van der Waals surface area contributed by atoms with Gasteiger partial charge >= 0.3 is 5.97 Å². The van der Waals surface area contributed by atoms with Crippen LogP contribution < -0.4 is 0 Å². The van der Waals surface area contributed by atoms with E-state index in [1.165, 1.54) is 18.4 Å². The zero-order valence-electron chi connectivity index (χ0n) is 22.2. The second kappa shape index (κ2) is 7.11. The highest BCUT2D eigenvalue weighted by atomic mass is 16.4. The quantitative estimate of drug-likeness (QED) is 0.414. The smallest absolute Gasteiger partial charge is 0.310 e. The summed E-state index contributed by atoms with van der Waals surface area (Å²) in [5.74, 6) is 1.82. The minimum absolute atomic E-state index is 0.0302. The first-order valence-electron chi connectivity index (χ1n) is 13.9. The highest BCUT2D eigenvalue weighted by molar-refractivity contribution is 5.76. The van der Waals surface area contributed by atoms with Crippen molar-refractivity contribution in [2.24, 2.45) is 56.7 Å². The van der Waals surface area contributed by atoms with Crippen molar-refractivity contribution >= 4 is 5.97 Å². The van der Waals surface area contributed by atoms with Crippen molar-refractivity contribution in [1.29, 1.82) is 0 Å². The van der Waals surface area contributed by atoms with Gasteiger partial charge in [-0.3, -0.25) is 4.79 Å². The summed E-state index contributed by atoms with van der Waals surface area (Å²) >= 11 is 0. The molecule has 0 radical (unpaired) electrons. The second-order valence-electron chi connectivity index (χ2n) is 14.5. The van der Waals surface area contributed by atoms with Crippen LogP contribution in [0.3, 0.4) is 0 Å². The largest absolute Gasteiger partial charge is 0.481 e. The zero-order chi connectivity index (χ0) is 24.2. The molecule has 0 spiro atoms. The fourth-order valence-electron chi connectivity index (χ4n) is 10.8. The van der Waals surface area contributed by atoms with Crippen LogP contribution in [0, 0.1) is 56.7 Å². The Morgan fingerprint density at radius 3 is 2.27 bits per heavy atom. The average molecular weight is 457 g/mol. The van der Waals surface area contributed by atoms with Crippen molar-refractivity contribution in [3.63, 3.8) is 0 Å². The predicted octanol–water partition coefficient (Wildman–Crippen LogP) is 7.09. The summed E-state index contributed by atoms with van der Waals surface area (Å²) in [6.45, 7) is 17.0. The van der Waals surface area contributed by atoms with Crippen LogP contribution in [0.1, 0.15) is 106 Å². The SMILES string of the molecule is C[C@H]1[C@H](C)CC[C@]2(C(=O)O)CC[C@]3(C)C(=CC[C@@H]4[C@@]5(C)CCC(O)C(C)(C)[C@@H]5CC[C@]43C)[C@H]12. The number of allylic oxidation sites excluding steroid dienone is 2. The molecule has 0 aromatic carbocycles. The van der Waals surface area contributed by atoms with Gasteiger partial charge in [-0.2, -0.15) is 0 Å². The molecule has 0 heterocycles. The van der Waals surface area contributed by atoms with Gasteiger partial charge in [-0.15, -0.1) is 0 Å². The minimum Gasteiger partial charge on any atom is -0.481 e. The third-order valence-electron chi connectivity index (χ3n) is 13.4. The lowest BCUT2D eigenvalue weighted by molar-refractivity contribution is -0.206. The van der Waals surface area contributed by atoms with E-state index in [2.05, 4.69) is 54.5 Å². The van der Waals surface area contributed by atoms with E-state index in [9.17, 15) is 15.0 Å². The standard InChI is InChI=1S/C30H48O3/c1-18-10-15-30(25(32)33)17-16-28(6)20(24(30)19(18)2)8-9-22-27(5)13-12-23(31)26(3,4)21(27)11-14-29(22,28)7/h8,18-19,21-24,31H,9-17H2,1-7H3,(H,32,33)/t18-,19+,21+,22-,23?,24+,27+,28-,29-,30+/m1/s1. The van der Waals surface area contributed by atoms with Gasteiger partial charge in [-0.25, -0.2) is 0 Å². The van der Waals surface area contributed by atoms with Crippen molar-refractivity contribution in [3.05, 3.63) is 11.6 Å². The third-order valence-corrected chi connectivity index (χ3v) is 13.4. The number of aliphatic hydroxyl groups excluding tert-OH is 1. The van der Waals surface area contributed by atoms with Crippen molar-refractivity contribution in [2.75, 3.05) is 0 Å². The maximum Gasteiger partial charge on any atom is 0.310 e. The van der Waals surface area contributed by atoms with Crippen LogP contribution in [0.2, 0.25) is 0 Å². The summed E-state index contributed by atoms with van der Waals surface area (Å²) < 4.78 is 0. The van der Waals surface area contributed by atoms with Crippen LogP contribution in [0.5, 0.6) is 0 Å². The van der Waals surface area contributed by atoms with Gasteiger partial charge in [0, 0.05) is 0 Å². The number of fused-ring (bicyclic) bond motifs is 7. The number of carbonyl (C=O) groups is 1. The number of carboxylic acids is 1. The van der Waals surface area contributed by atoms with Crippen LogP contribution >= 0.6 is 0 Å². The summed E-state index contributed by atoms with van der Waals surface area (Å²) in [5.41, 5.74) is 1.46. The van der Waals surface area contributed by atoms with E-state index in [4.69, 9.17) is 0 Å². The van der Waals surface area contributed by atoms with Gasteiger partial charge in [0.25, 0.3) is 0 Å². The van der Waals surface area contributed by atoms with Gasteiger partial charge in [0.1, 0.15) is 0 Å². The molecule has 0 aromatic rings. The van der Waals surface area contributed by atoms with Gasteiger partial charge in [0.05, 0.1) is 11.5 Å². The Labute approximate surface area is 201 Å². The average Bonchev–Trinajstić information content (AvgIpc) is 2.74. The van der Waals surface area contributed by atoms with E-state index < -0.39 is 11.4 Å². The monoisotopic (exact) mass is 456 g/mol. The first kappa shape index (κ1) is 23.9. The van der Waals surface area contributed by atoms with E-state index in [-0.39, 0.29) is 33.7 Å². The van der Waals surface area contributed by atoms with Gasteiger partial charge in [0.2, 0.25) is 0 Å². The summed E-state index contributed by atoms with van der Waals surface area (Å²) in [4.78, 5) is 12.8. The molecule has 5 aliphatic rings. The van der Waals surface area contributed by atoms with Crippen molar-refractivity contribution in [3.8, 4) is 0 Å². The molecule has 1 unspecified atom stereocenters. The molecule has 0 amide bonds. The van der Waals surface area contributed by atoms with Crippen LogP contribution in [-0.4, -0.2) is 22.3 Å². The maximum absolute atomic E-state index is 12.8. The van der Waals surface area contributed by atoms with Gasteiger partial charge in [0.15, 0.2) is 0 Å². The number of carboxylic acid groups (broad SMARTS) is 1. The Morgan fingerprint density at radius 1 is 0.909 bits per heavy atom. The van der Waals surface area contributed by atoms with E-state index in [1.807, 2.05) is 0 Å². The number of aliphatic carboxylic acids is 1. The molecule has 5 aliphatic carbocycles. The minimum atomic E-state index is -0.557. The number of aliphatic hydroxyl groups is 1. The molecule has 10 atom stereocenters. The topological polar surface area (TPSA) is 57.5 Å². The normalized spacial score (nSPS) is 55.3. The van der Waals surface area contributed by atoms with Crippen molar-refractivity contribution in [2.45, 2.75) is 112 Å². The van der Waals surface area contributed by atoms with Crippen LogP contribution in [0.15, 0.2) is 11.6 Å². The zero-order valence-corrected chi connectivity index (χ0v) is 22.2.